The minimum Gasteiger partial charge on any atom is -0.423 e. The van der Waals surface area contributed by atoms with E-state index in [4.69, 9.17) is 15.7 Å². The van der Waals surface area contributed by atoms with Gasteiger partial charge in [-0.2, -0.15) is 0 Å². The molecule has 0 saturated carbocycles. The quantitative estimate of drug-likeness (QED) is 0.409. The first-order chi connectivity index (χ1) is 16.3. The normalized spacial score (nSPS) is 19.1. The van der Waals surface area contributed by atoms with Gasteiger partial charge in [0, 0.05) is 36.7 Å². The van der Waals surface area contributed by atoms with Gasteiger partial charge in [-0.1, -0.05) is 43.3 Å². The van der Waals surface area contributed by atoms with Crippen LogP contribution in [0.3, 0.4) is 0 Å². The molecule has 1 aliphatic heterocycles. The Balaban J connectivity index is 1.51. The lowest BCUT2D eigenvalue weighted by atomic mass is 9.79. The number of benzene rings is 2. The van der Waals surface area contributed by atoms with Crippen molar-refractivity contribution in [3.63, 3.8) is 0 Å². The molecule has 3 aromatic rings. The van der Waals surface area contributed by atoms with E-state index >= 15 is 0 Å². The molecule has 1 aromatic heterocycles. The zero-order valence-corrected chi connectivity index (χ0v) is 19.3. The number of carbonyl (C=O) groups excluding carboxylic acids is 1. The van der Waals surface area contributed by atoms with Crippen molar-refractivity contribution < 1.29 is 14.8 Å². The average molecular weight is 457 g/mol. The predicted molar refractivity (Wildman–Crippen MR) is 130 cm³/mol. The minimum absolute atomic E-state index is 0.0149. The summed E-state index contributed by atoms with van der Waals surface area (Å²) in [6, 6.07) is 12.9. The molecule has 2 atom stereocenters. The monoisotopic (exact) mass is 457 g/mol. The molecule has 0 fully saturated rings. The molecule has 9 heteroatoms. The van der Waals surface area contributed by atoms with Gasteiger partial charge >= 0.3 is 7.12 Å². The zero-order chi connectivity index (χ0) is 24.0. The van der Waals surface area contributed by atoms with E-state index in [1.165, 1.54) is 0 Å². The number of nitrogens with two attached hydrogens (primary N) is 1. The topological polar surface area (TPSA) is 125 Å². The van der Waals surface area contributed by atoms with Gasteiger partial charge in [-0.25, -0.2) is 9.97 Å². The van der Waals surface area contributed by atoms with Crippen molar-refractivity contribution in [1.82, 2.24) is 14.9 Å². The lowest BCUT2D eigenvalue weighted by Gasteiger charge is -2.19. The van der Waals surface area contributed by atoms with Crippen LogP contribution in [0, 0.1) is 5.92 Å². The van der Waals surface area contributed by atoms with E-state index in [1.807, 2.05) is 18.2 Å². The van der Waals surface area contributed by atoms with Crippen molar-refractivity contribution in [3.05, 3.63) is 81.8 Å². The molecule has 34 heavy (non-hydrogen) atoms. The summed E-state index contributed by atoms with van der Waals surface area (Å²) in [5.74, 6) is 1.37. The summed E-state index contributed by atoms with van der Waals surface area (Å²) in [5, 5.41) is 22.4. The van der Waals surface area contributed by atoms with Gasteiger partial charge in [0.05, 0.1) is 5.69 Å². The molecular formula is C25H28BN5O3. The first-order valence-corrected chi connectivity index (χ1v) is 11.5. The van der Waals surface area contributed by atoms with Gasteiger partial charge in [0.1, 0.15) is 11.6 Å². The van der Waals surface area contributed by atoms with Crippen LogP contribution >= 0.6 is 0 Å². The first kappa shape index (κ1) is 22.5. The van der Waals surface area contributed by atoms with Gasteiger partial charge in [0.25, 0.3) is 0 Å². The second-order valence-electron chi connectivity index (χ2n) is 9.40. The van der Waals surface area contributed by atoms with Crippen LogP contribution in [0.25, 0.3) is 0 Å². The molecule has 1 amide bonds. The number of hydrogen-bond acceptors (Lipinski definition) is 7. The van der Waals surface area contributed by atoms with Crippen LogP contribution in [0.2, 0.25) is 0 Å². The maximum absolute atomic E-state index is 12.0. The van der Waals surface area contributed by atoms with Crippen molar-refractivity contribution in [1.29, 1.82) is 0 Å². The largest absolute Gasteiger partial charge is 0.488 e. The lowest BCUT2D eigenvalue weighted by molar-refractivity contribution is 0.0999. The fourth-order valence-corrected chi connectivity index (χ4v) is 5.26. The van der Waals surface area contributed by atoms with E-state index in [0.29, 0.717) is 17.6 Å². The highest BCUT2D eigenvalue weighted by molar-refractivity contribution is 6.58. The number of fused-ring (bicyclic) bond motifs is 2. The number of rotatable bonds is 6. The van der Waals surface area contributed by atoms with Crippen molar-refractivity contribution in [3.8, 4) is 0 Å². The Morgan fingerprint density at radius 2 is 1.97 bits per heavy atom. The lowest BCUT2D eigenvalue weighted by Crippen LogP contribution is -2.30. The maximum atomic E-state index is 12.0. The summed E-state index contributed by atoms with van der Waals surface area (Å²) in [5.41, 5.74) is 11.8. The van der Waals surface area contributed by atoms with Gasteiger partial charge in [0.2, 0.25) is 5.91 Å². The van der Waals surface area contributed by atoms with E-state index < -0.39 is 13.0 Å². The molecule has 2 unspecified atom stereocenters. The Hall–Kier alpha value is -3.27. The van der Waals surface area contributed by atoms with Crippen molar-refractivity contribution in [2.75, 3.05) is 12.4 Å². The van der Waals surface area contributed by atoms with Gasteiger partial charge in [-0.05, 0) is 47.6 Å². The van der Waals surface area contributed by atoms with Gasteiger partial charge in [0.15, 0.2) is 0 Å². The highest BCUT2D eigenvalue weighted by Crippen LogP contribution is 2.43. The van der Waals surface area contributed by atoms with Crippen LogP contribution in [0.4, 0.5) is 5.82 Å². The van der Waals surface area contributed by atoms with Crippen molar-refractivity contribution >= 4 is 24.3 Å². The Kier molecular flexibility index (Phi) is 5.85. The SMILES string of the molecule is CC1Cc2c(C(N)=O)cccc2C1c1nc2c(c(NCc3cccc(B(O)O)c3)n1)CN(C)C2. The number of carbonyl (C=O) groups is 1. The predicted octanol–water partition coefficient (Wildman–Crippen LogP) is 1.14. The molecule has 2 aromatic carbocycles. The number of anilines is 1. The molecule has 5 N–H and O–H groups in total. The number of nitrogens with zero attached hydrogens (tertiary/aromatic N) is 3. The smallest absolute Gasteiger partial charge is 0.423 e. The fourth-order valence-electron chi connectivity index (χ4n) is 5.26. The molecule has 5 rings (SSSR count). The van der Waals surface area contributed by atoms with Crippen LogP contribution in [-0.2, 0) is 26.1 Å². The summed E-state index contributed by atoms with van der Waals surface area (Å²) < 4.78 is 0. The van der Waals surface area contributed by atoms with E-state index in [-0.39, 0.29) is 11.8 Å². The van der Waals surface area contributed by atoms with Crippen LogP contribution in [0.15, 0.2) is 42.5 Å². The third kappa shape index (κ3) is 4.07. The first-order valence-electron chi connectivity index (χ1n) is 11.5. The molecule has 2 heterocycles. The van der Waals surface area contributed by atoms with E-state index in [2.05, 4.69) is 30.3 Å². The number of primary amides is 1. The molecule has 8 nitrogen and oxygen atoms in total. The Morgan fingerprint density at radius 1 is 1.18 bits per heavy atom. The average Bonchev–Trinajstić information content (AvgIpc) is 3.35. The Morgan fingerprint density at radius 3 is 2.74 bits per heavy atom. The minimum atomic E-state index is -1.50. The van der Waals surface area contributed by atoms with Gasteiger partial charge in [-0.15, -0.1) is 0 Å². The van der Waals surface area contributed by atoms with Gasteiger partial charge < -0.3 is 21.1 Å². The summed E-state index contributed by atoms with van der Waals surface area (Å²) in [6.07, 6.45) is 0.762. The Bertz CT molecular complexity index is 1270. The number of hydrogen-bond donors (Lipinski definition) is 4. The molecule has 174 valence electrons. The zero-order valence-electron chi connectivity index (χ0n) is 19.3. The standard InChI is InChI=1S/C25H28BN5O3/c1-14-9-19-17(7-4-8-18(19)23(27)32)22(14)25-29-21-13-31(2)12-20(21)24(30-25)28-11-15-5-3-6-16(10-15)26(33)34/h3-8,10,14,22,33-34H,9,11-13H2,1-2H3,(H2,27,32)(H,28,29,30). The van der Waals surface area contributed by atoms with Crippen molar-refractivity contribution in [2.24, 2.45) is 11.7 Å². The van der Waals surface area contributed by atoms with Crippen LogP contribution in [0.1, 0.15) is 57.0 Å². The van der Waals surface area contributed by atoms with Gasteiger partial charge in [-0.3, -0.25) is 9.69 Å². The highest BCUT2D eigenvalue weighted by Gasteiger charge is 2.36. The van der Waals surface area contributed by atoms with Crippen LogP contribution in [-0.4, -0.2) is 45.0 Å². The number of nitrogens with one attached hydrogen (secondary N) is 1. The molecule has 1 aliphatic carbocycles. The van der Waals surface area contributed by atoms with Crippen LogP contribution in [0.5, 0.6) is 0 Å². The molecule has 0 saturated heterocycles. The number of aromatic nitrogens is 2. The maximum Gasteiger partial charge on any atom is 0.488 e. The Labute approximate surface area is 199 Å². The van der Waals surface area contributed by atoms with Crippen LogP contribution < -0.4 is 16.5 Å². The molecule has 2 aliphatic rings. The fraction of sp³-hybridized carbons (Fsp3) is 0.320. The summed E-state index contributed by atoms with van der Waals surface area (Å²) in [6.45, 7) is 4.17. The third-order valence-corrected chi connectivity index (χ3v) is 6.85. The summed E-state index contributed by atoms with van der Waals surface area (Å²) in [7, 11) is 0.557. The summed E-state index contributed by atoms with van der Waals surface area (Å²) in [4.78, 5) is 24.2. The van der Waals surface area contributed by atoms with E-state index in [0.717, 1.165) is 59.1 Å². The molecule has 0 radical (unpaired) electrons. The second kappa shape index (κ2) is 8.83. The molecular weight excluding hydrogens is 429 g/mol. The van der Waals surface area contributed by atoms with E-state index in [1.54, 1.807) is 18.2 Å². The second-order valence-corrected chi connectivity index (χ2v) is 9.40. The van der Waals surface area contributed by atoms with Crippen molar-refractivity contribution in [2.45, 2.75) is 38.9 Å². The molecule has 0 spiro atoms. The highest BCUT2D eigenvalue weighted by atomic mass is 16.4. The third-order valence-electron chi connectivity index (χ3n) is 6.85. The van der Waals surface area contributed by atoms with E-state index in [9.17, 15) is 14.8 Å². The molecule has 0 bridgehead atoms. The summed E-state index contributed by atoms with van der Waals surface area (Å²) >= 11 is 0. The number of amides is 1.